The van der Waals surface area contributed by atoms with Crippen LogP contribution in [-0.4, -0.2) is 46.7 Å². The van der Waals surface area contributed by atoms with Crippen molar-refractivity contribution in [1.29, 1.82) is 0 Å². The highest BCUT2D eigenvalue weighted by Crippen LogP contribution is 2.33. The summed E-state index contributed by atoms with van der Waals surface area (Å²) in [5, 5.41) is 9.97. The Morgan fingerprint density at radius 3 is 2.51 bits per heavy atom. The summed E-state index contributed by atoms with van der Waals surface area (Å²) in [5.41, 5.74) is 3.28. The number of ether oxygens (including phenoxy) is 2. The van der Waals surface area contributed by atoms with Crippen LogP contribution in [0.5, 0.6) is 11.5 Å². The molecule has 37 heavy (non-hydrogen) atoms. The van der Waals surface area contributed by atoms with E-state index in [1.807, 2.05) is 43.3 Å². The fraction of sp³-hybridized carbons (Fsp3) is 0.207. The number of rotatable bonds is 6. The number of carboxylic acid groups (broad SMARTS) is 1. The zero-order valence-electron chi connectivity index (χ0n) is 20.5. The number of anilines is 1. The molecule has 0 spiro atoms. The first-order chi connectivity index (χ1) is 17.8. The molecule has 0 fully saturated rings. The molecule has 1 N–H and O–H groups in total. The van der Waals surface area contributed by atoms with E-state index in [9.17, 15) is 19.5 Å². The number of nitrogens with zero attached hydrogens (tertiary/aromatic N) is 2. The molecule has 1 aliphatic rings. The Bertz CT molecular complexity index is 1500. The van der Waals surface area contributed by atoms with Gasteiger partial charge in [-0.15, -0.1) is 0 Å². The standard InChI is InChI=1S/C29H26N2O6/c1-18-14-24-21(15-28(33)34)6-5-8-25(24)31(18)29(35)20-10-12-22(13-11-20)36-17-23-16-30(19(2)32)26-7-3-4-9-27(26)37-23/h3-14,23H,15-17H2,1-2H3,(H,33,34). The summed E-state index contributed by atoms with van der Waals surface area (Å²) in [6.45, 7) is 3.97. The Hall–Kier alpha value is -4.59. The lowest BCUT2D eigenvalue weighted by Crippen LogP contribution is -2.45. The van der Waals surface area contributed by atoms with Crippen LogP contribution in [-0.2, 0) is 16.0 Å². The summed E-state index contributed by atoms with van der Waals surface area (Å²) in [6, 6.07) is 21.4. The van der Waals surface area contributed by atoms with Crippen LogP contribution in [0.15, 0.2) is 72.8 Å². The zero-order chi connectivity index (χ0) is 26.1. The van der Waals surface area contributed by atoms with Gasteiger partial charge in [-0.1, -0.05) is 24.3 Å². The van der Waals surface area contributed by atoms with E-state index in [-0.39, 0.29) is 30.9 Å². The van der Waals surface area contributed by atoms with Crippen LogP contribution in [0.1, 0.15) is 28.5 Å². The minimum Gasteiger partial charge on any atom is -0.490 e. The van der Waals surface area contributed by atoms with E-state index in [4.69, 9.17) is 9.47 Å². The summed E-state index contributed by atoms with van der Waals surface area (Å²) in [6.07, 6.45) is -0.449. The molecule has 0 radical (unpaired) electrons. The SMILES string of the molecule is CC(=O)N1CC(COc2ccc(C(=O)n3c(C)cc4c(CC(=O)O)cccc43)cc2)Oc2ccccc21. The molecule has 2 heterocycles. The van der Waals surface area contributed by atoms with Crippen LogP contribution in [0.25, 0.3) is 10.9 Å². The van der Waals surface area contributed by atoms with Gasteiger partial charge in [0.05, 0.1) is 24.2 Å². The quantitative estimate of drug-likeness (QED) is 0.422. The fourth-order valence-corrected chi connectivity index (χ4v) is 4.71. The highest BCUT2D eigenvalue weighted by Gasteiger charge is 2.28. The summed E-state index contributed by atoms with van der Waals surface area (Å²) in [5.74, 6) is 0.0181. The Morgan fingerprint density at radius 2 is 1.78 bits per heavy atom. The molecule has 0 bridgehead atoms. The molecule has 188 valence electrons. The summed E-state index contributed by atoms with van der Waals surface area (Å²) in [7, 11) is 0. The van der Waals surface area contributed by atoms with Gasteiger partial charge in [0.15, 0.2) is 6.10 Å². The van der Waals surface area contributed by atoms with Crippen molar-refractivity contribution in [1.82, 2.24) is 4.57 Å². The molecule has 1 aromatic heterocycles. The molecule has 0 saturated carbocycles. The van der Waals surface area contributed by atoms with Gasteiger partial charge >= 0.3 is 5.97 Å². The number of para-hydroxylation sites is 2. The predicted octanol–water partition coefficient (Wildman–Crippen LogP) is 4.46. The number of aromatic nitrogens is 1. The number of carboxylic acids is 1. The third-order valence-electron chi connectivity index (χ3n) is 6.42. The van der Waals surface area contributed by atoms with E-state index in [0.717, 1.165) is 16.8 Å². The lowest BCUT2D eigenvalue weighted by Gasteiger charge is -2.34. The second-order valence-electron chi connectivity index (χ2n) is 9.02. The third-order valence-corrected chi connectivity index (χ3v) is 6.42. The van der Waals surface area contributed by atoms with Gasteiger partial charge in [-0.2, -0.15) is 0 Å². The van der Waals surface area contributed by atoms with E-state index in [1.54, 1.807) is 45.9 Å². The number of carbonyl (C=O) groups excluding carboxylic acids is 2. The van der Waals surface area contributed by atoms with Crippen LogP contribution in [0, 0.1) is 6.92 Å². The maximum Gasteiger partial charge on any atom is 0.307 e. The molecule has 4 aromatic rings. The van der Waals surface area contributed by atoms with Crippen molar-refractivity contribution in [3.05, 3.63) is 89.6 Å². The smallest absolute Gasteiger partial charge is 0.307 e. The Kier molecular flexibility index (Phi) is 6.40. The van der Waals surface area contributed by atoms with Crippen molar-refractivity contribution in [2.75, 3.05) is 18.1 Å². The van der Waals surface area contributed by atoms with Gasteiger partial charge in [0.1, 0.15) is 18.1 Å². The number of carbonyl (C=O) groups is 3. The summed E-state index contributed by atoms with van der Waals surface area (Å²) in [4.78, 5) is 38.4. The number of hydrogen-bond acceptors (Lipinski definition) is 5. The number of benzene rings is 3. The van der Waals surface area contributed by atoms with Crippen LogP contribution in [0.2, 0.25) is 0 Å². The van der Waals surface area contributed by atoms with Crippen LogP contribution < -0.4 is 14.4 Å². The zero-order valence-corrected chi connectivity index (χ0v) is 20.5. The summed E-state index contributed by atoms with van der Waals surface area (Å²) < 4.78 is 13.5. The number of hydrogen-bond donors (Lipinski definition) is 1. The molecule has 1 amide bonds. The van der Waals surface area contributed by atoms with Gasteiger partial charge in [-0.05, 0) is 61.0 Å². The largest absolute Gasteiger partial charge is 0.490 e. The average Bonchev–Trinajstić information content (AvgIpc) is 3.23. The average molecular weight is 499 g/mol. The van der Waals surface area contributed by atoms with Gasteiger partial charge in [0.2, 0.25) is 5.91 Å². The van der Waals surface area contributed by atoms with Crippen molar-refractivity contribution in [3.8, 4) is 11.5 Å². The van der Waals surface area contributed by atoms with Crippen molar-refractivity contribution < 1.29 is 29.0 Å². The number of aliphatic carboxylic acids is 1. The Labute approximate surface area is 213 Å². The highest BCUT2D eigenvalue weighted by atomic mass is 16.5. The molecular formula is C29H26N2O6. The Morgan fingerprint density at radius 1 is 1.03 bits per heavy atom. The molecule has 8 heteroatoms. The first kappa shape index (κ1) is 24.1. The van der Waals surface area contributed by atoms with E-state index >= 15 is 0 Å². The van der Waals surface area contributed by atoms with Gasteiger partial charge in [0, 0.05) is 23.6 Å². The van der Waals surface area contributed by atoms with Crippen LogP contribution in [0.3, 0.4) is 0 Å². The first-order valence-corrected chi connectivity index (χ1v) is 11.9. The predicted molar refractivity (Wildman–Crippen MR) is 139 cm³/mol. The van der Waals surface area contributed by atoms with Gasteiger partial charge in [-0.3, -0.25) is 19.0 Å². The number of aryl methyl sites for hydroxylation is 1. The molecule has 5 rings (SSSR count). The first-order valence-electron chi connectivity index (χ1n) is 11.9. The lowest BCUT2D eigenvalue weighted by atomic mass is 10.1. The minimum absolute atomic E-state index is 0.0634. The molecular weight excluding hydrogens is 472 g/mol. The van der Waals surface area contributed by atoms with Gasteiger partial charge in [-0.25, -0.2) is 0 Å². The van der Waals surface area contributed by atoms with Crippen molar-refractivity contribution in [3.63, 3.8) is 0 Å². The molecule has 1 atom stereocenters. The normalized spacial score (nSPS) is 14.6. The molecule has 8 nitrogen and oxygen atoms in total. The van der Waals surface area contributed by atoms with Crippen LogP contribution in [0.4, 0.5) is 5.69 Å². The van der Waals surface area contributed by atoms with Crippen molar-refractivity contribution in [2.45, 2.75) is 26.4 Å². The summed E-state index contributed by atoms with van der Waals surface area (Å²) >= 11 is 0. The van der Waals surface area contributed by atoms with Crippen molar-refractivity contribution >= 4 is 34.4 Å². The topological polar surface area (TPSA) is 98.1 Å². The second kappa shape index (κ2) is 9.81. The van der Waals surface area contributed by atoms with Crippen LogP contribution >= 0.6 is 0 Å². The minimum atomic E-state index is -0.920. The van der Waals surface area contributed by atoms with Gasteiger partial charge in [0.25, 0.3) is 5.91 Å². The van der Waals surface area contributed by atoms with E-state index in [1.165, 1.54) is 6.92 Å². The lowest BCUT2D eigenvalue weighted by molar-refractivity contribution is -0.136. The second-order valence-corrected chi connectivity index (χ2v) is 9.02. The molecule has 1 aliphatic heterocycles. The fourth-order valence-electron chi connectivity index (χ4n) is 4.71. The molecule has 1 unspecified atom stereocenters. The third kappa shape index (κ3) is 4.78. The van der Waals surface area contributed by atoms with Gasteiger partial charge < -0.3 is 19.5 Å². The number of amides is 1. The van der Waals surface area contributed by atoms with E-state index in [0.29, 0.717) is 34.7 Å². The number of fused-ring (bicyclic) bond motifs is 2. The molecule has 0 aliphatic carbocycles. The van der Waals surface area contributed by atoms with E-state index < -0.39 is 5.97 Å². The highest BCUT2D eigenvalue weighted by molar-refractivity contribution is 6.04. The maximum absolute atomic E-state index is 13.4. The Balaban J connectivity index is 1.30. The van der Waals surface area contributed by atoms with Crippen molar-refractivity contribution in [2.24, 2.45) is 0 Å². The molecule has 0 saturated heterocycles. The van der Waals surface area contributed by atoms with E-state index in [2.05, 4.69) is 0 Å². The maximum atomic E-state index is 13.4. The molecule has 3 aromatic carbocycles. The monoisotopic (exact) mass is 498 g/mol.